The van der Waals surface area contributed by atoms with E-state index in [9.17, 15) is 0 Å². The standard InChI is InChI=1S/C18H14N2O/c1-2-4-17(5-3-1)21-18-8-6-16(7-9-18)20-14-15-10-12-19-13-11-15/h1-14H. The lowest BCUT2D eigenvalue weighted by molar-refractivity contribution is 0.483. The summed E-state index contributed by atoms with van der Waals surface area (Å²) in [6, 6.07) is 21.2. The van der Waals surface area contributed by atoms with Crippen molar-refractivity contribution in [1.29, 1.82) is 0 Å². The molecule has 0 fully saturated rings. The molecule has 3 heteroatoms. The van der Waals surface area contributed by atoms with Gasteiger partial charge in [0.2, 0.25) is 0 Å². The average Bonchev–Trinajstić information content (AvgIpc) is 2.56. The maximum atomic E-state index is 5.74. The van der Waals surface area contributed by atoms with Crippen LogP contribution in [0.5, 0.6) is 11.5 Å². The quantitative estimate of drug-likeness (QED) is 0.650. The summed E-state index contributed by atoms with van der Waals surface area (Å²) in [6.07, 6.45) is 5.31. The van der Waals surface area contributed by atoms with Gasteiger partial charge in [-0.3, -0.25) is 9.98 Å². The Morgan fingerprint density at radius 2 is 1.43 bits per heavy atom. The summed E-state index contributed by atoms with van der Waals surface area (Å²) in [5.41, 5.74) is 1.90. The summed E-state index contributed by atoms with van der Waals surface area (Å²) in [5.74, 6) is 1.62. The van der Waals surface area contributed by atoms with Gasteiger partial charge in [-0.05, 0) is 54.1 Å². The molecule has 21 heavy (non-hydrogen) atoms. The molecular weight excluding hydrogens is 260 g/mol. The predicted molar refractivity (Wildman–Crippen MR) is 84.4 cm³/mol. The second kappa shape index (κ2) is 6.48. The molecule has 1 heterocycles. The summed E-state index contributed by atoms with van der Waals surface area (Å²) in [7, 11) is 0. The van der Waals surface area contributed by atoms with Crippen LogP contribution in [0.4, 0.5) is 5.69 Å². The maximum Gasteiger partial charge on any atom is 0.127 e. The first-order valence-electron chi connectivity index (χ1n) is 6.67. The van der Waals surface area contributed by atoms with E-state index in [-0.39, 0.29) is 0 Å². The Balaban J connectivity index is 1.68. The van der Waals surface area contributed by atoms with Crippen molar-refractivity contribution in [3.05, 3.63) is 84.7 Å². The van der Waals surface area contributed by atoms with Gasteiger partial charge in [0.05, 0.1) is 5.69 Å². The molecule has 0 bridgehead atoms. The minimum atomic E-state index is 0.795. The summed E-state index contributed by atoms with van der Waals surface area (Å²) in [5, 5.41) is 0. The van der Waals surface area contributed by atoms with Crippen molar-refractivity contribution >= 4 is 11.9 Å². The van der Waals surface area contributed by atoms with E-state index in [2.05, 4.69) is 9.98 Å². The van der Waals surface area contributed by atoms with E-state index >= 15 is 0 Å². The van der Waals surface area contributed by atoms with Gasteiger partial charge in [-0.25, -0.2) is 0 Å². The predicted octanol–water partition coefficient (Wildman–Crippen LogP) is 4.62. The second-order valence-electron chi connectivity index (χ2n) is 4.45. The highest BCUT2D eigenvalue weighted by molar-refractivity contribution is 5.81. The minimum Gasteiger partial charge on any atom is -0.457 e. The van der Waals surface area contributed by atoms with E-state index < -0.39 is 0 Å². The van der Waals surface area contributed by atoms with Crippen LogP contribution < -0.4 is 4.74 Å². The first-order chi connectivity index (χ1) is 10.4. The third kappa shape index (κ3) is 3.76. The van der Waals surface area contributed by atoms with Crippen molar-refractivity contribution in [2.24, 2.45) is 4.99 Å². The van der Waals surface area contributed by atoms with Crippen LogP contribution in [0.2, 0.25) is 0 Å². The van der Waals surface area contributed by atoms with Gasteiger partial charge in [-0.15, -0.1) is 0 Å². The van der Waals surface area contributed by atoms with E-state index in [0.717, 1.165) is 22.7 Å². The van der Waals surface area contributed by atoms with Crippen LogP contribution in [-0.2, 0) is 0 Å². The van der Waals surface area contributed by atoms with Crippen molar-refractivity contribution in [3.8, 4) is 11.5 Å². The van der Waals surface area contributed by atoms with Gasteiger partial charge < -0.3 is 4.74 Å². The number of benzene rings is 2. The number of nitrogens with zero attached hydrogens (tertiary/aromatic N) is 2. The zero-order valence-corrected chi connectivity index (χ0v) is 11.4. The normalized spacial score (nSPS) is 10.7. The molecule has 0 aliphatic heterocycles. The summed E-state index contributed by atoms with van der Waals surface area (Å²) < 4.78 is 5.74. The molecule has 3 rings (SSSR count). The highest BCUT2D eigenvalue weighted by Crippen LogP contribution is 2.23. The topological polar surface area (TPSA) is 34.5 Å². The van der Waals surface area contributed by atoms with Gasteiger partial charge >= 0.3 is 0 Å². The minimum absolute atomic E-state index is 0.795. The monoisotopic (exact) mass is 274 g/mol. The molecule has 1 aromatic heterocycles. The van der Waals surface area contributed by atoms with Gasteiger partial charge in [0.15, 0.2) is 0 Å². The van der Waals surface area contributed by atoms with Crippen LogP contribution >= 0.6 is 0 Å². The Morgan fingerprint density at radius 3 is 2.14 bits per heavy atom. The Bertz CT molecular complexity index is 707. The highest BCUT2D eigenvalue weighted by atomic mass is 16.5. The van der Waals surface area contributed by atoms with Crippen molar-refractivity contribution in [2.45, 2.75) is 0 Å². The fourth-order valence-corrected chi connectivity index (χ4v) is 1.82. The number of ether oxygens (including phenoxy) is 1. The van der Waals surface area contributed by atoms with Crippen molar-refractivity contribution in [2.75, 3.05) is 0 Å². The van der Waals surface area contributed by atoms with Crippen LogP contribution in [0.15, 0.2) is 84.1 Å². The highest BCUT2D eigenvalue weighted by Gasteiger charge is 1.96. The van der Waals surface area contributed by atoms with Crippen molar-refractivity contribution < 1.29 is 4.74 Å². The third-order valence-electron chi connectivity index (χ3n) is 2.88. The average molecular weight is 274 g/mol. The lowest BCUT2D eigenvalue weighted by Gasteiger charge is -2.05. The Hall–Kier alpha value is -2.94. The van der Waals surface area contributed by atoms with Crippen LogP contribution in [0.3, 0.4) is 0 Å². The van der Waals surface area contributed by atoms with Gasteiger partial charge in [0.1, 0.15) is 11.5 Å². The second-order valence-corrected chi connectivity index (χ2v) is 4.45. The largest absolute Gasteiger partial charge is 0.457 e. The molecule has 0 N–H and O–H groups in total. The van der Waals surface area contributed by atoms with E-state index in [4.69, 9.17) is 4.74 Å². The van der Waals surface area contributed by atoms with E-state index in [1.165, 1.54) is 0 Å². The summed E-state index contributed by atoms with van der Waals surface area (Å²) >= 11 is 0. The first kappa shape index (κ1) is 13.1. The van der Waals surface area contributed by atoms with E-state index in [1.54, 1.807) is 12.4 Å². The number of hydrogen-bond donors (Lipinski definition) is 0. The third-order valence-corrected chi connectivity index (χ3v) is 2.88. The molecule has 2 aromatic carbocycles. The van der Waals surface area contributed by atoms with E-state index in [0.29, 0.717) is 0 Å². The Kier molecular flexibility index (Phi) is 4.03. The fourth-order valence-electron chi connectivity index (χ4n) is 1.82. The molecule has 0 spiro atoms. The van der Waals surface area contributed by atoms with Gasteiger partial charge in [-0.2, -0.15) is 0 Å². The molecule has 0 saturated carbocycles. The van der Waals surface area contributed by atoms with Gasteiger partial charge in [0.25, 0.3) is 0 Å². The lowest BCUT2D eigenvalue weighted by Crippen LogP contribution is -1.83. The first-order valence-corrected chi connectivity index (χ1v) is 6.67. The number of para-hydroxylation sites is 1. The van der Waals surface area contributed by atoms with Crippen molar-refractivity contribution in [3.63, 3.8) is 0 Å². The Morgan fingerprint density at radius 1 is 0.762 bits per heavy atom. The molecule has 0 aliphatic carbocycles. The molecule has 0 amide bonds. The molecule has 0 aliphatic rings. The number of hydrogen-bond acceptors (Lipinski definition) is 3. The number of rotatable bonds is 4. The smallest absolute Gasteiger partial charge is 0.127 e. The summed E-state index contributed by atoms with van der Waals surface area (Å²) in [4.78, 5) is 8.39. The van der Waals surface area contributed by atoms with Crippen LogP contribution in [0.1, 0.15) is 5.56 Å². The van der Waals surface area contributed by atoms with Crippen molar-refractivity contribution in [1.82, 2.24) is 4.98 Å². The molecular formula is C18H14N2O. The maximum absolute atomic E-state index is 5.74. The fraction of sp³-hybridized carbons (Fsp3) is 0. The molecule has 3 aromatic rings. The van der Waals surface area contributed by atoms with Gasteiger partial charge in [-0.1, -0.05) is 18.2 Å². The molecule has 0 unspecified atom stereocenters. The number of aromatic nitrogens is 1. The molecule has 0 atom stereocenters. The number of aliphatic imine (C=N–C) groups is 1. The van der Waals surface area contributed by atoms with Gasteiger partial charge in [0, 0.05) is 18.6 Å². The number of pyridine rings is 1. The molecule has 0 radical (unpaired) electrons. The Labute approximate surface area is 123 Å². The van der Waals surface area contributed by atoms with Crippen LogP contribution in [-0.4, -0.2) is 11.2 Å². The molecule has 102 valence electrons. The van der Waals surface area contributed by atoms with Crippen LogP contribution in [0.25, 0.3) is 0 Å². The SMILES string of the molecule is C(=Nc1ccc(Oc2ccccc2)cc1)c1ccncc1. The molecule has 3 nitrogen and oxygen atoms in total. The zero-order chi connectivity index (χ0) is 14.3. The van der Waals surface area contributed by atoms with Crippen LogP contribution in [0, 0.1) is 0 Å². The van der Waals surface area contributed by atoms with E-state index in [1.807, 2.05) is 72.9 Å². The zero-order valence-electron chi connectivity index (χ0n) is 11.4. The molecule has 0 saturated heterocycles. The summed E-state index contributed by atoms with van der Waals surface area (Å²) in [6.45, 7) is 0. The lowest BCUT2D eigenvalue weighted by atomic mass is 10.3.